The maximum absolute atomic E-state index is 13.7. The van der Waals surface area contributed by atoms with Gasteiger partial charge in [0, 0.05) is 5.69 Å². The first-order valence-corrected chi connectivity index (χ1v) is 5.86. The minimum atomic E-state index is -1.51. The van der Waals surface area contributed by atoms with E-state index in [0.717, 1.165) is 11.8 Å². The summed E-state index contributed by atoms with van der Waals surface area (Å²) in [6, 6.07) is 7.60. The highest BCUT2D eigenvalue weighted by Crippen LogP contribution is 2.21. The molecule has 2 rings (SSSR count). The lowest BCUT2D eigenvalue weighted by molar-refractivity contribution is 0.0690. The van der Waals surface area contributed by atoms with Crippen LogP contribution in [0.3, 0.4) is 0 Å². The van der Waals surface area contributed by atoms with Crippen molar-refractivity contribution in [2.75, 3.05) is 5.32 Å². The van der Waals surface area contributed by atoms with Crippen LogP contribution >= 0.6 is 0 Å². The van der Waals surface area contributed by atoms with Crippen molar-refractivity contribution in [3.8, 4) is 0 Å². The molecule has 0 bridgehead atoms. The van der Waals surface area contributed by atoms with Gasteiger partial charge >= 0.3 is 5.97 Å². The number of aromatic carboxylic acids is 1. The highest BCUT2D eigenvalue weighted by atomic mass is 19.2. The molecule has 0 aliphatic heterocycles. The van der Waals surface area contributed by atoms with Crippen LogP contribution < -0.4 is 5.32 Å². The molecule has 0 fully saturated rings. The third kappa shape index (κ3) is 2.90. The minimum Gasteiger partial charge on any atom is -0.478 e. The fourth-order valence-corrected chi connectivity index (χ4v) is 1.73. The molecule has 2 aromatic rings. The molecular formula is C14H12F2N2O2. The van der Waals surface area contributed by atoms with E-state index in [9.17, 15) is 13.6 Å². The third-order valence-electron chi connectivity index (χ3n) is 2.72. The van der Waals surface area contributed by atoms with Crippen LogP contribution in [0.1, 0.15) is 21.7 Å². The number of aromatic nitrogens is 1. The van der Waals surface area contributed by atoms with E-state index < -0.39 is 23.2 Å². The van der Waals surface area contributed by atoms with Gasteiger partial charge in [0.2, 0.25) is 0 Å². The van der Waals surface area contributed by atoms with Gasteiger partial charge in [-0.05, 0) is 31.2 Å². The number of halogens is 2. The molecule has 2 N–H and O–H groups in total. The molecule has 0 radical (unpaired) electrons. The van der Waals surface area contributed by atoms with Crippen molar-refractivity contribution in [1.29, 1.82) is 0 Å². The van der Waals surface area contributed by atoms with Crippen LogP contribution in [-0.2, 0) is 6.54 Å². The molecule has 0 saturated carbocycles. The van der Waals surface area contributed by atoms with Crippen LogP contribution in [0.25, 0.3) is 0 Å². The molecule has 4 nitrogen and oxygen atoms in total. The number of benzene rings is 1. The zero-order valence-corrected chi connectivity index (χ0v) is 10.7. The lowest BCUT2D eigenvalue weighted by atomic mass is 10.2. The molecule has 20 heavy (non-hydrogen) atoms. The fraction of sp³-hybridized carbons (Fsp3) is 0.143. The number of carboxylic acids is 1. The Kier molecular flexibility index (Phi) is 3.93. The van der Waals surface area contributed by atoms with Gasteiger partial charge in [-0.15, -0.1) is 0 Å². The van der Waals surface area contributed by atoms with Crippen LogP contribution in [0.4, 0.5) is 14.5 Å². The molecule has 6 heteroatoms. The first kappa shape index (κ1) is 13.9. The predicted molar refractivity (Wildman–Crippen MR) is 69.6 cm³/mol. The summed E-state index contributed by atoms with van der Waals surface area (Å²) >= 11 is 0. The van der Waals surface area contributed by atoms with E-state index in [4.69, 9.17) is 5.11 Å². The van der Waals surface area contributed by atoms with Crippen LogP contribution in [0, 0.1) is 18.6 Å². The van der Waals surface area contributed by atoms with Crippen molar-refractivity contribution in [3.05, 3.63) is 58.9 Å². The second kappa shape index (κ2) is 5.64. The molecule has 104 valence electrons. The van der Waals surface area contributed by atoms with Crippen molar-refractivity contribution in [1.82, 2.24) is 4.98 Å². The smallest absolute Gasteiger partial charge is 0.338 e. The van der Waals surface area contributed by atoms with E-state index in [1.807, 2.05) is 19.1 Å². The van der Waals surface area contributed by atoms with Crippen molar-refractivity contribution in [3.63, 3.8) is 0 Å². The van der Waals surface area contributed by atoms with E-state index in [1.54, 1.807) is 6.07 Å². The Hall–Kier alpha value is -2.50. The zero-order valence-electron chi connectivity index (χ0n) is 10.7. The van der Waals surface area contributed by atoms with Gasteiger partial charge in [0.1, 0.15) is 0 Å². The molecule has 0 amide bonds. The number of aryl methyl sites for hydroxylation is 1. The van der Waals surface area contributed by atoms with Gasteiger partial charge in [0.25, 0.3) is 0 Å². The molecule has 0 atom stereocenters. The van der Waals surface area contributed by atoms with Crippen molar-refractivity contribution in [2.24, 2.45) is 0 Å². The first-order chi connectivity index (χ1) is 9.49. The molecule has 0 aliphatic rings. The third-order valence-corrected chi connectivity index (χ3v) is 2.72. The summed E-state index contributed by atoms with van der Waals surface area (Å²) in [6.07, 6.45) is 0. The van der Waals surface area contributed by atoms with Gasteiger partial charge in [-0.1, -0.05) is 6.07 Å². The highest BCUT2D eigenvalue weighted by molar-refractivity contribution is 5.88. The van der Waals surface area contributed by atoms with E-state index in [-0.39, 0.29) is 12.2 Å². The lowest BCUT2D eigenvalue weighted by Gasteiger charge is -2.09. The fourth-order valence-electron chi connectivity index (χ4n) is 1.73. The molecule has 1 aromatic carbocycles. The summed E-state index contributed by atoms with van der Waals surface area (Å²) in [5, 5.41) is 11.4. The Morgan fingerprint density at radius 1 is 1.25 bits per heavy atom. The van der Waals surface area contributed by atoms with Crippen molar-refractivity contribution >= 4 is 11.7 Å². The quantitative estimate of drug-likeness (QED) is 0.902. The highest BCUT2D eigenvalue weighted by Gasteiger charge is 2.17. The Morgan fingerprint density at radius 3 is 2.65 bits per heavy atom. The number of hydrogen-bond acceptors (Lipinski definition) is 3. The first-order valence-electron chi connectivity index (χ1n) is 5.86. The topological polar surface area (TPSA) is 62.2 Å². The summed E-state index contributed by atoms with van der Waals surface area (Å²) in [5.74, 6) is -4.09. The van der Waals surface area contributed by atoms with Gasteiger partial charge < -0.3 is 10.4 Å². The Morgan fingerprint density at radius 2 is 2.00 bits per heavy atom. The second-order valence-corrected chi connectivity index (χ2v) is 4.22. The van der Waals surface area contributed by atoms with E-state index in [2.05, 4.69) is 10.3 Å². The number of anilines is 1. The summed E-state index contributed by atoms with van der Waals surface area (Å²) in [7, 11) is 0. The number of carbonyl (C=O) groups is 1. The normalized spacial score (nSPS) is 10.3. The number of nitrogens with zero attached hydrogens (tertiary/aromatic N) is 1. The van der Waals surface area contributed by atoms with Crippen molar-refractivity contribution < 1.29 is 18.7 Å². The molecule has 1 aromatic heterocycles. The Balaban J connectivity index is 2.18. The standard InChI is InChI=1S/C14H12F2N2O2/c1-8-3-2-4-9(18-8)7-17-11-6-5-10(14(19)20)12(15)13(11)16/h2-6,17H,7H2,1H3,(H,19,20). The average molecular weight is 278 g/mol. The zero-order chi connectivity index (χ0) is 14.7. The minimum absolute atomic E-state index is 0.101. The molecule has 0 unspecified atom stereocenters. The Bertz CT molecular complexity index is 660. The van der Waals surface area contributed by atoms with Crippen LogP contribution in [-0.4, -0.2) is 16.1 Å². The Labute approximate surface area is 114 Å². The predicted octanol–water partition coefficient (Wildman–Crippen LogP) is 2.98. The van der Waals surface area contributed by atoms with Crippen LogP contribution in [0.5, 0.6) is 0 Å². The number of pyridine rings is 1. The van der Waals surface area contributed by atoms with Gasteiger partial charge in [0.05, 0.1) is 23.5 Å². The van der Waals surface area contributed by atoms with Gasteiger partial charge in [-0.25, -0.2) is 13.6 Å². The number of nitrogens with one attached hydrogen (secondary N) is 1. The van der Waals surface area contributed by atoms with Crippen molar-refractivity contribution in [2.45, 2.75) is 13.5 Å². The van der Waals surface area contributed by atoms with E-state index in [1.165, 1.54) is 6.07 Å². The van der Waals surface area contributed by atoms with Gasteiger partial charge in [-0.2, -0.15) is 0 Å². The summed E-state index contributed by atoms with van der Waals surface area (Å²) in [6.45, 7) is 2.04. The summed E-state index contributed by atoms with van der Waals surface area (Å²) in [4.78, 5) is 14.9. The largest absolute Gasteiger partial charge is 0.478 e. The molecule has 0 spiro atoms. The monoisotopic (exact) mass is 278 g/mol. The number of rotatable bonds is 4. The molecule has 1 heterocycles. The number of hydrogen-bond donors (Lipinski definition) is 2. The van der Waals surface area contributed by atoms with E-state index >= 15 is 0 Å². The SMILES string of the molecule is Cc1cccc(CNc2ccc(C(=O)O)c(F)c2F)n1. The molecule has 0 saturated heterocycles. The summed E-state index contributed by atoms with van der Waals surface area (Å²) in [5.41, 5.74) is 0.696. The second-order valence-electron chi connectivity index (χ2n) is 4.22. The molecule has 0 aliphatic carbocycles. The maximum Gasteiger partial charge on any atom is 0.338 e. The summed E-state index contributed by atoms with van der Waals surface area (Å²) < 4.78 is 27.2. The lowest BCUT2D eigenvalue weighted by Crippen LogP contribution is -2.08. The average Bonchev–Trinajstić information content (AvgIpc) is 2.40. The van der Waals surface area contributed by atoms with Crippen LogP contribution in [0.15, 0.2) is 30.3 Å². The number of carboxylic acid groups (broad SMARTS) is 1. The van der Waals surface area contributed by atoms with E-state index in [0.29, 0.717) is 5.69 Å². The van der Waals surface area contributed by atoms with Gasteiger partial charge in [0.15, 0.2) is 11.6 Å². The van der Waals surface area contributed by atoms with Crippen LogP contribution in [0.2, 0.25) is 0 Å². The molecular weight excluding hydrogens is 266 g/mol. The van der Waals surface area contributed by atoms with Gasteiger partial charge in [-0.3, -0.25) is 4.98 Å². The maximum atomic E-state index is 13.7.